The summed E-state index contributed by atoms with van der Waals surface area (Å²) in [5.74, 6) is 0. The molecule has 0 atom stereocenters. The number of hydrogen-bond acceptors (Lipinski definition) is 6. The van der Waals surface area contributed by atoms with Gasteiger partial charge in [0.2, 0.25) is 0 Å². The largest absolute Gasteiger partial charge is 0.399 e. The first-order chi connectivity index (χ1) is 29.4. The van der Waals surface area contributed by atoms with Crippen molar-refractivity contribution < 1.29 is 0 Å². The van der Waals surface area contributed by atoms with Crippen molar-refractivity contribution >= 4 is 43.7 Å². The molecular weight excluding hydrogens is 733 g/mol. The minimum absolute atomic E-state index is 0.487. The first-order valence-electron chi connectivity index (χ1n) is 20.5. The lowest BCUT2D eigenvalue weighted by Gasteiger charge is -2.50. The Balaban J connectivity index is 0.000000240. The van der Waals surface area contributed by atoms with E-state index in [-0.39, 0.29) is 0 Å². The first-order valence-corrected chi connectivity index (χ1v) is 20.5. The Morgan fingerprint density at radius 1 is 0.333 bits per heavy atom. The second kappa shape index (κ2) is 15.8. The second-order valence-electron chi connectivity index (χ2n) is 15.8. The van der Waals surface area contributed by atoms with E-state index < -0.39 is 10.8 Å². The monoisotopic (exact) mass is 782 g/mol. The molecule has 0 saturated heterocycles. The summed E-state index contributed by atoms with van der Waals surface area (Å²) in [4.78, 5) is 0. The third-order valence-electron chi connectivity index (χ3n) is 12.7. The van der Waals surface area contributed by atoms with Gasteiger partial charge in [0.05, 0.1) is 10.8 Å². The van der Waals surface area contributed by atoms with Crippen LogP contribution in [-0.2, 0) is 37.0 Å². The lowest BCUT2D eigenvalue weighted by molar-refractivity contribution is 0.442. The van der Waals surface area contributed by atoms with Crippen molar-refractivity contribution in [2.75, 3.05) is 11.5 Å². The number of benzene rings is 9. The summed E-state index contributed by atoms with van der Waals surface area (Å²) in [6.07, 6.45) is 0. The topological polar surface area (TPSA) is 156 Å². The summed E-state index contributed by atoms with van der Waals surface area (Å²) in [5, 5.41) is 6.91. The molecule has 6 nitrogen and oxygen atoms in total. The lowest BCUT2D eigenvalue weighted by atomic mass is 9.50. The van der Waals surface area contributed by atoms with Crippen molar-refractivity contribution in [2.24, 2.45) is 22.9 Å². The third kappa shape index (κ3) is 6.04. The number of anilines is 2. The highest BCUT2D eigenvalue weighted by Gasteiger charge is 2.62. The summed E-state index contributed by atoms with van der Waals surface area (Å²) in [5.41, 5.74) is 48.4. The van der Waals surface area contributed by atoms with E-state index in [0.717, 1.165) is 55.2 Å². The van der Waals surface area contributed by atoms with Crippen LogP contribution in [0.25, 0.3) is 32.3 Å². The Morgan fingerprint density at radius 2 is 0.717 bits per heavy atom. The van der Waals surface area contributed by atoms with E-state index in [1.54, 1.807) is 0 Å². The SMILES string of the molecule is NCc1ccc(C2(c3ccc(CN)cc3)c3cccc4cccc(c34)C2(c2ccc(CN)cc2)c2ccc(CN)cc2)cc1.Nc1ccc2cc3ccccc3c(N)c2c1. The molecule has 0 aliphatic heterocycles. The molecule has 0 fully saturated rings. The highest BCUT2D eigenvalue weighted by molar-refractivity contribution is 6.10. The smallest absolute Gasteiger partial charge is 0.0635 e. The Hall–Kier alpha value is -6.80. The molecule has 0 saturated carbocycles. The molecule has 6 heteroatoms. The maximum Gasteiger partial charge on any atom is 0.0635 e. The van der Waals surface area contributed by atoms with Crippen LogP contribution in [0.4, 0.5) is 11.4 Å². The van der Waals surface area contributed by atoms with Crippen molar-refractivity contribution in [1.29, 1.82) is 0 Å². The molecule has 0 aromatic heterocycles. The Labute approximate surface area is 351 Å². The number of nitrogen functional groups attached to an aromatic ring is 2. The predicted octanol–water partition coefficient (Wildman–Crippen LogP) is 9.51. The van der Waals surface area contributed by atoms with Crippen LogP contribution in [0.3, 0.4) is 0 Å². The van der Waals surface area contributed by atoms with Crippen LogP contribution in [0.2, 0.25) is 0 Å². The fraction of sp³-hybridized carbons (Fsp3) is 0.111. The van der Waals surface area contributed by atoms with Crippen molar-refractivity contribution in [3.8, 4) is 0 Å². The van der Waals surface area contributed by atoms with E-state index >= 15 is 0 Å². The molecule has 12 N–H and O–H groups in total. The molecule has 10 rings (SSSR count). The second-order valence-corrected chi connectivity index (χ2v) is 15.8. The zero-order chi connectivity index (χ0) is 41.4. The van der Waals surface area contributed by atoms with E-state index in [2.05, 4.69) is 146 Å². The molecular formula is C54H50N6. The van der Waals surface area contributed by atoms with E-state index in [0.29, 0.717) is 26.2 Å². The maximum atomic E-state index is 6.17. The highest BCUT2D eigenvalue weighted by atomic mass is 14.6. The minimum Gasteiger partial charge on any atom is -0.399 e. The molecule has 0 amide bonds. The standard InChI is InChI=1S/C40H38N4.C14H12N2/c41-23-27-7-15-32(16-8-27)39(33-17-9-28(24-42)10-18-33)36-5-1-3-31-4-2-6-37(38(31)36)40(39,34-19-11-29(25-43)12-20-34)35-21-13-30(26-44)14-22-35;15-11-6-5-10-7-9-3-1-2-4-12(9)14(16)13(10)8-11/h1-22H,23-26,41-44H2;1-8H,15-16H2. The van der Waals surface area contributed by atoms with E-state index in [1.165, 1.54) is 44.2 Å². The van der Waals surface area contributed by atoms with Crippen LogP contribution in [0.1, 0.15) is 55.6 Å². The first kappa shape index (κ1) is 38.7. The number of rotatable bonds is 8. The van der Waals surface area contributed by atoms with Gasteiger partial charge in [-0.1, -0.05) is 164 Å². The summed E-state index contributed by atoms with van der Waals surface area (Å²) in [7, 11) is 0. The van der Waals surface area contributed by atoms with Crippen molar-refractivity contribution in [3.63, 3.8) is 0 Å². The lowest BCUT2D eigenvalue weighted by Crippen LogP contribution is -2.49. The Kier molecular flexibility index (Phi) is 10.2. The zero-order valence-corrected chi connectivity index (χ0v) is 33.6. The van der Waals surface area contributed by atoms with Gasteiger partial charge in [-0.05, 0) is 95.4 Å². The Bertz CT molecular complexity index is 2740. The van der Waals surface area contributed by atoms with Crippen LogP contribution in [0, 0.1) is 0 Å². The molecule has 0 radical (unpaired) electrons. The van der Waals surface area contributed by atoms with Gasteiger partial charge < -0.3 is 34.4 Å². The summed E-state index contributed by atoms with van der Waals surface area (Å²) >= 11 is 0. The summed E-state index contributed by atoms with van der Waals surface area (Å²) < 4.78 is 0. The normalized spacial score (nSPS) is 13.7. The van der Waals surface area contributed by atoms with Gasteiger partial charge in [-0.3, -0.25) is 0 Å². The molecule has 1 aliphatic carbocycles. The number of hydrogen-bond donors (Lipinski definition) is 6. The predicted molar refractivity (Wildman–Crippen MR) is 251 cm³/mol. The van der Waals surface area contributed by atoms with Gasteiger partial charge in [0.25, 0.3) is 0 Å². The van der Waals surface area contributed by atoms with Gasteiger partial charge >= 0.3 is 0 Å². The van der Waals surface area contributed by atoms with Gasteiger partial charge in [0, 0.05) is 48.3 Å². The zero-order valence-electron chi connectivity index (χ0n) is 33.6. The fourth-order valence-electron chi connectivity index (χ4n) is 9.87. The van der Waals surface area contributed by atoms with E-state index in [9.17, 15) is 0 Å². The number of fused-ring (bicyclic) bond motifs is 2. The quantitative estimate of drug-likeness (QED) is 0.0666. The van der Waals surface area contributed by atoms with Crippen molar-refractivity contribution in [2.45, 2.75) is 37.0 Å². The van der Waals surface area contributed by atoms with Gasteiger partial charge in [-0.15, -0.1) is 0 Å². The molecule has 0 bridgehead atoms. The summed E-state index contributed by atoms with van der Waals surface area (Å²) in [6, 6.07) is 65.2. The van der Waals surface area contributed by atoms with E-state index in [4.69, 9.17) is 34.4 Å². The maximum absolute atomic E-state index is 6.17. The van der Waals surface area contributed by atoms with Gasteiger partial charge in [0.1, 0.15) is 0 Å². The third-order valence-corrected chi connectivity index (χ3v) is 12.7. The van der Waals surface area contributed by atoms with Gasteiger partial charge in [-0.25, -0.2) is 0 Å². The highest BCUT2D eigenvalue weighted by Crippen LogP contribution is 2.66. The van der Waals surface area contributed by atoms with Crippen LogP contribution < -0.4 is 34.4 Å². The molecule has 296 valence electrons. The van der Waals surface area contributed by atoms with Crippen LogP contribution in [0.15, 0.2) is 182 Å². The summed E-state index contributed by atoms with van der Waals surface area (Å²) in [6.45, 7) is 1.95. The minimum atomic E-state index is -0.648. The average molecular weight is 783 g/mol. The molecule has 0 unspecified atom stereocenters. The fourth-order valence-corrected chi connectivity index (χ4v) is 9.87. The van der Waals surface area contributed by atoms with Crippen molar-refractivity contribution in [1.82, 2.24) is 0 Å². The van der Waals surface area contributed by atoms with Gasteiger partial charge in [-0.2, -0.15) is 0 Å². The molecule has 0 heterocycles. The van der Waals surface area contributed by atoms with Crippen LogP contribution in [-0.4, -0.2) is 0 Å². The molecule has 0 spiro atoms. The number of nitrogens with two attached hydrogens (primary N) is 6. The van der Waals surface area contributed by atoms with Gasteiger partial charge in [0.15, 0.2) is 0 Å². The van der Waals surface area contributed by atoms with Crippen LogP contribution >= 0.6 is 0 Å². The molecule has 9 aromatic carbocycles. The van der Waals surface area contributed by atoms with Crippen LogP contribution in [0.5, 0.6) is 0 Å². The Morgan fingerprint density at radius 3 is 1.13 bits per heavy atom. The molecule has 60 heavy (non-hydrogen) atoms. The average Bonchev–Trinajstić information content (AvgIpc) is 3.58. The molecule has 9 aromatic rings. The van der Waals surface area contributed by atoms with E-state index in [1.807, 2.05) is 36.4 Å². The van der Waals surface area contributed by atoms with Crippen molar-refractivity contribution in [3.05, 3.63) is 238 Å². The molecule has 1 aliphatic rings.